The molecule has 0 saturated carbocycles. The van der Waals surface area contributed by atoms with Gasteiger partial charge in [0, 0.05) is 19.2 Å². The standard InChI is InChI=1S/C29H22ClN7O3/c1-40-29(39)18-10-11-19(33-16-18)12-13-21-26(31)34-17-35-27(21)32-15-14-24-36-23-9-5-8-22(30)25(23)28(38)37(24)20-6-3-2-4-7-20/h2-11,16-17H,14-15H2,1H3,(H3,31,32,34,35). The molecule has 0 aliphatic carbocycles. The molecule has 0 bridgehead atoms. The van der Waals surface area contributed by atoms with E-state index in [0.29, 0.717) is 63.0 Å². The van der Waals surface area contributed by atoms with Crippen molar-refractivity contribution < 1.29 is 9.53 Å². The molecular weight excluding hydrogens is 530 g/mol. The van der Waals surface area contributed by atoms with Crippen LogP contribution in [0.3, 0.4) is 0 Å². The van der Waals surface area contributed by atoms with E-state index in [4.69, 9.17) is 22.3 Å². The third-order valence-corrected chi connectivity index (χ3v) is 6.26. The summed E-state index contributed by atoms with van der Waals surface area (Å²) in [6.45, 7) is 0.364. The number of anilines is 2. The van der Waals surface area contributed by atoms with Crippen LogP contribution in [0.25, 0.3) is 16.6 Å². The SMILES string of the molecule is COC(=O)c1ccc(C#Cc2c(N)ncnc2NCCc2nc3cccc(Cl)c3c(=O)n2-c2ccccc2)nc1. The van der Waals surface area contributed by atoms with Crippen molar-refractivity contribution in [2.75, 3.05) is 24.7 Å². The second-order valence-electron chi connectivity index (χ2n) is 8.47. The van der Waals surface area contributed by atoms with Crippen molar-refractivity contribution in [2.24, 2.45) is 0 Å². The molecule has 3 aromatic heterocycles. The van der Waals surface area contributed by atoms with Gasteiger partial charge in [0.1, 0.15) is 35.0 Å². The zero-order chi connectivity index (χ0) is 28.1. The predicted molar refractivity (Wildman–Crippen MR) is 153 cm³/mol. The highest BCUT2D eigenvalue weighted by Gasteiger charge is 2.15. The van der Waals surface area contributed by atoms with Crippen LogP contribution in [0.4, 0.5) is 11.6 Å². The monoisotopic (exact) mass is 551 g/mol. The van der Waals surface area contributed by atoms with Crippen LogP contribution in [0.5, 0.6) is 0 Å². The van der Waals surface area contributed by atoms with Crippen LogP contribution < -0.4 is 16.6 Å². The average molecular weight is 552 g/mol. The number of rotatable bonds is 6. The second kappa shape index (κ2) is 11.6. The summed E-state index contributed by atoms with van der Waals surface area (Å²) in [5.74, 6) is 6.54. The first-order valence-corrected chi connectivity index (χ1v) is 12.5. The molecule has 0 spiro atoms. The maximum Gasteiger partial charge on any atom is 0.339 e. The molecule has 0 aliphatic rings. The van der Waals surface area contributed by atoms with Gasteiger partial charge < -0.3 is 15.8 Å². The molecule has 198 valence electrons. The minimum atomic E-state index is -0.485. The highest BCUT2D eigenvalue weighted by Crippen LogP contribution is 2.21. The van der Waals surface area contributed by atoms with Gasteiger partial charge in [0.05, 0.1) is 34.3 Å². The molecule has 2 aromatic carbocycles. The molecule has 11 heteroatoms. The molecule has 0 fully saturated rings. The van der Waals surface area contributed by atoms with Crippen molar-refractivity contribution in [1.82, 2.24) is 24.5 Å². The Hall–Kier alpha value is -5.27. The predicted octanol–water partition coefficient (Wildman–Crippen LogP) is 3.65. The lowest BCUT2D eigenvalue weighted by Crippen LogP contribution is -2.25. The Morgan fingerprint density at radius 2 is 1.88 bits per heavy atom. The fourth-order valence-corrected chi connectivity index (χ4v) is 4.28. The van der Waals surface area contributed by atoms with E-state index in [1.54, 1.807) is 34.9 Å². The van der Waals surface area contributed by atoms with Crippen LogP contribution in [-0.4, -0.2) is 44.1 Å². The minimum Gasteiger partial charge on any atom is -0.465 e. The van der Waals surface area contributed by atoms with Crippen LogP contribution in [0.2, 0.25) is 5.02 Å². The molecule has 0 radical (unpaired) electrons. The number of carbonyl (C=O) groups excluding carboxylic acids is 1. The number of hydrogen-bond donors (Lipinski definition) is 2. The Bertz CT molecular complexity index is 1830. The zero-order valence-corrected chi connectivity index (χ0v) is 22.0. The molecule has 0 aliphatic heterocycles. The number of benzene rings is 2. The number of methoxy groups -OCH3 is 1. The normalized spacial score (nSPS) is 10.6. The highest BCUT2D eigenvalue weighted by molar-refractivity contribution is 6.35. The number of nitrogens with zero attached hydrogens (tertiary/aromatic N) is 5. The van der Waals surface area contributed by atoms with Gasteiger partial charge in [0.25, 0.3) is 5.56 Å². The van der Waals surface area contributed by atoms with E-state index in [1.165, 1.54) is 19.6 Å². The number of halogens is 1. The molecule has 0 unspecified atom stereocenters. The summed E-state index contributed by atoms with van der Waals surface area (Å²) < 4.78 is 6.25. The number of esters is 1. The second-order valence-corrected chi connectivity index (χ2v) is 8.88. The smallest absolute Gasteiger partial charge is 0.339 e. The Morgan fingerprint density at radius 1 is 1.05 bits per heavy atom. The van der Waals surface area contributed by atoms with Gasteiger partial charge in [-0.2, -0.15) is 0 Å². The number of nitrogens with two attached hydrogens (primary N) is 1. The third kappa shape index (κ3) is 5.45. The molecule has 0 saturated heterocycles. The average Bonchev–Trinajstić information content (AvgIpc) is 2.97. The van der Waals surface area contributed by atoms with E-state index in [-0.39, 0.29) is 11.4 Å². The van der Waals surface area contributed by atoms with E-state index >= 15 is 0 Å². The maximum absolute atomic E-state index is 13.5. The number of fused-ring (bicyclic) bond motifs is 1. The first-order valence-electron chi connectivity index (χ1n) is 12.1. The molecule has 3 N–H and O–H groups in total. The van der Waals surface area contributed by atoms with Gasteiger partial charge in [-0.25, -0.2) is 24.7 Å². The number of nitrogen functional groups attached to an aromatic ring is 1. The fraction of sp³-hybridized carbons (Fsp3) is 0.103. The fourth-order valence-electron chi connectivity index (χ4n) is 4.03. The van der Waals surface area contributed by atoms with Crippen LogP contribution in [0, 0.1) is 11.8 Å². The lowest BCUT2D eigenvalue weighted by molar-refractivity contribution is 0.0600. The molecule has 5 aromatic rings. The number of carbonyl (C=O) groups is 1. The van der Waals surface area contributed by atoms with Gasteiger partial charge >= 0.3 is 5.97 Å². The largest absolute Gasteiger partial charge is 0.465 e. The van der Waals surface area contributed by atoms with Crippen LogP contribution >= 0.6 is 11.6 Å². The molecule has 10 nitrogen and oxygen atoms in total. The van der Waals surface area contributed by atoms with Crippen LogP contribution in [0.15, 0.2) is 78.0 Å². The lowest BCUT2D eigenvalue weighted by Gasteiger charge is -2.15. The number of aromatic nitrogens is 5. The molecule has 5 rings (SSSR count). The third-order valence-electron chi connectivity index (χ3n) is 5.95. The summed E-state index contributed by atoms with van der Waals surface area (Å²) in [7, 11) is 1.30. The Morgan fingerprint density at radius 3 is 2.62 bits per heavy atom. The van der Waals surface area contributed by atoms with Crippen molar-refractivity contribution >= 4 is 40.1 Å². The maximum atomic E-state index is 13.5. The first kappa shape index (κ1) is 26.3. The summed E-state index contributed by atoms with van der Waals surface area (Å²) in [4.78, 5) is 42.4. The number of nitrogens with one attached hydrogen (secondary N) is 1. The van der Waals surface area contributed by atoms with Crippen molar-refractivity contribution in [3.05, 3.63) is 111 Å². The molecule has 0 atom stereocenters. The Kier molecular flexibility index (Phi) is 7.66. The zero-order valence-electron chi connectivity index (χ0n) is 21.3. The van der Waals surface area contributed by atoms with Gasteiger partial charge in [-0.3, -0.25) is 9.36 Å². The summed E-state index contributed by atoms with van der Waals surface area (Å²) >= 11 is 6.36. The quantitative estimate of drug-likeness (QED) is 0.239. The van der Waals surface area contributed by atoms with Crippen LogP contribution in [-0.2, 0) is 11.2 Å². The number of hydrogen-bond acceptors (Lipinski definition) is 9. The number of para-hydroxylation sites is 1. The summed E-state index contributed by atoms with van der Waals surface area (Å²) in [5.41, 5.74) is 8.18. The van der Waals surface area contributed by atoms with Gasteiger partial charge in [-0.1, -0.05) is 41.8 Å². The number of pyridine rings is 1. The van der Waals surface area contributed by atoms with Gasteiger partial charge in [0.2, 0.25) is 0 Å². The first-order chi connectivity index (χ1) is 19.5. The molecule has 40 heavy (non-hydrogen) atoms. The van der Waals surface area contributed by atoms with E-state index < -0.39 is 5.97 Å². The lowest BCUT2D eigenvalue weighted by atomic mass is 10.2. The summed E-state index contributed by atoms with van der Waals surface area (Å²) in [5, 5.41) is 3.94. The topological polar surface area (TPSA) is 138 Å². The van der Waals surface area contributed by atoms with Crippen molar-refractivity contribution in [3.63, 3.8) is 0 Å². The molecular formula is C29H22ClN7O3. The summed E-state index contributed by atoms with van der Waals surface area (Å²) in [6.07, 6.45) is 3.10. The van der Waals surface area contributed by atoms with E-state index in [1.807, 2.05) is 30.3 Å². The van der Waals surface area contributed by atoms with Crippen molar-refractivity contribution in [3.8, 4) is 17.5 Å². The summed E-state index contributed by atoms with van der Waals surface area (Å²) in [6, 6.07) is 17.6. The van der Waals surface area contributed by atoms with Gasteiger partial charge in [-0.05, 0) is 42.3 Å². The van der Waals surface area contributed by atoms with Crippen molar-refractivity contribution in [1.29, 1.82) is 0 Å². The van der Waals surface area contributed by atoms with E-state index in [9.17, 15) is 9.59 Å². The minimum absolute atomic E-state index is 0.191. The van der Waals surface area contributed by atoms with Crippen molar-refractivity contribution in [2.45, 2.75) is 6.42 Å². The van der Waals surface area contributed by atoms with Gasteiger partial charge in [-0.15, -0.1) is 0 Å². The highest BCUT2D eigenvalue weighted by atomic mass is 35.5. The Balaban J connectivity index is 1.42. The van der Waals surface area contributed by atoms with Gasteiger partial charge in [0.15, 0.2) is 0 Å². The van der Waals surface area contributed by atoms with Crippen LogP contribution in [0.1, 0.15) is 27.4 Å². The number of ether oxygens (including phenoxy) is 1. The van der Waals surface area contributed by atoms with E-state index in [0.717, 1.165) is 0 Å². The van der Waals surface area contributed by atoms with E-state index in [2.05, 4.69) is 36.8 Å². The molecule has 0 amide bonds. The Labute approximate surface area is 233 Å². The molecule has 3 heterocycles.